The molecule has 0 amide bonds. The van der Waals surface area contributed by atoms with E-state index < -0.39 is 5.63 Å². The summed E-state index contributed by atoms with van der Waals surface area (Å²) in [5, 5.41) is 11.7. The zero-order valence-corrected chi connectivity index (χ0v) is 14.6. The Balaban J connectivity index is 1.78. The van der Waals surface area contributed by atoms with Crippen LogP contribution in [0.3, 0.4) is 0 Å². The first kappa shape index (κ1) is 17.1. The molecule has 3 rings (SSSR count). The van der Waals surface area contributed by atoms with E-state index in [1.54, 1.807) is 18.2 Å². The van der Waals surface area contributed by atoms with Gasteiger partial charge in [0.25, 0.3) is 6.20 Å². The van der Waals surface area contributed by atoms with E-state index in [4.69, 9.17) is 23.2 Å². The molecule has 3 aromatic rings. The van der Waals surface area contributed by atoms with Gasteiger partial charge >= 0.3 is 5.63 Å². The molecule has 0 atom stereocenters. The summed E-state index contributed by atoms with van der Waals surface area (Å²) >= 11 is 12.2. The maximum atomic E-state index is 11.0. The Morgan fingerprint density at radius 2 is 1.84 bits per heavy atom. The summed E-state index contributed by atoms with van der Waals surface area (Å²) < 4.78 is 6.11. The number of aromatic nitrogens is 2. The Morgan fingerprint density at radius 1 is 1.16 bits per heavy atom. The fraction of sp³-hybridized carbons (Fsp3) is 0.0588. The Labute approximate surface area is 153 Å². The molecule has 8 heteroatoms. The predicted molar refractivity (Wildman–Crippen MR) is 97.1 cm³/mol. The number of hydrogen-bond acceptors (Lipinski definition) is 4. The second kappa shape index (κ2) is 7.46. The molecular weight excluding hydrogens is 363 g/mol. The van der Waals surface area contributed by atoms with Crippen molar-refractivity contribution in [1.29, 1.82) is 0 Å². The summed E-state index contributed by atoms with van der Waals surface area (Å²) in [6.45, 7) is 1.84. The molecule has 1 heterocycles. The zero-order chi connectivity index (χ0) is 17.8. The fourth-order valence-corrected chi connectivity index (χ4v) is 2.60. The lowest BCUT2D eigenvalue weighted by Gasteiger charge is -2.00. The van der Waals surface area contributed by atoms with Gasteiger partial charge in [-0.2, -0.15) is 10.2 Å². The maximum Gasteiger partial charge on any atom is 0.427 e. The molecule has 1 N–H and O–H groups in total. The van der Waals surface area contributed by atoms with Gasteiger partial charge < -0.3 is 0 Å². The number of benzene rings is 2. The highest BCUT2D eigenvalue weighted by Crippen LogP contribution is 2.22. The lowest BCUT2D eigenvalue weighted by molar-refractivity contribution is -0.670. The van der Waals surface area contributed by atoms with Gasteiger partial charge in [0.1, 0.15) is 0 Å². The van der Waals surface area contributed by atoms with Gasteiger partial charge in [-0.3, -0.25) is 4.52 Å². The van der Waals surface area contributed by atoms with E-state index in [1.165, 1.54) is 17.1 Å². The molecule has 0 saturated carbocycles. The second-order valence-corrected chi connectivity index (χ2v) is 5.94. The van der Waals surface area contributed by atoms with Crippen molar-refractivity contribution >= 4 is 35.1 Å². The van der Waals surface area contributed by atoms with Crippen molar-refractivity contribution in [3.63, 3.8) is 0 Å². The Hall–Kier alpha value is -2.70. The standard InChI is InChI=1S/C17H12Cl2N4O2/c1-11(21-20-9-14-15(18)3-2-4-16(14)19)12-5-7-13(8-6-12)23-10-17(24)25-22-23/h2-10H,1H3/p+1/b20-9+,21-11+. The number of rotatable bonds is 4. The molecule has 0 fully saturated rings. The van der Waals surface area contributed by atoms with Crippen LogP contribution in [0.2, 0.25) is 10.0 Å². The molecule has 25 heavy (non-hydrogen) atoms. The van der Waals surface area contributed by atoms with Crippen LogP contribution in [-0.4, -0.2) is 17.2 Å². The lowest BCUT2D eigenvalue weighted by Crippen LogP contribution is -2.32. The number of halogens is 2. The largest absolute Gasteiger partial charge is 0.427 e. The van der Waals surface area contributed by atoms with Crippen molar-refractivity contribution < 1.29 is 9.20 Å². The van der Waals surface area contributed by atoms with E-state index in [9.17, 15) is 4.79 Å². The summed E-state index contributed by atoms with van der Waals surface area (Å²) in [6, 6.07) is 12.6. The molecule has 2 aromatic carbocycles. The molecule has 6 nitrogen and oxygen atoms in total. The van der Waals surface area contributed by atoms with Crippen molar-refractivity contribution in [2.45, 2.75) is 6.92 Å². The first-order chi connectivity index (χ1) is 12.0. The molecule has 126 valence electrons. The Morgan fingerprint density at radius 3 is 2.44 bits per heavy atom. The third-order valence-electron chi connectivity index (χ3n) is 3.44. The molecule has 0 radical (unpaired) electrons. The highest BCUT2D eigenvalue weighted by Gasteiger charge is 2.10. The fourth-order valence-electron chi connectivity index (χ4n) is 2.11. The van der Waals surface area contributed by atoms with Crippen molar-refractivity contribution in [2.24, 2.45) is 10.2 Å². The topological polar surface area (TPSA) is 74.6 Å². The molecule has 0 saturated heterocycles. The van der Waals surface area contributed by atoms with Crippen LogP contribution in [0.5, 0.6) is 0 Å². The van der Waals surface area contributed by atoms with Crippen LogP contribution in [0.1, 0.15) is 18.1 Å². The second-order valence-electron chi connectivity index (χ2n) is 5.12. The van der Waals surface area contributed by atoms with Crippen molar-refractivity contribution in [1.82, 2.24) is 5.27 Å². The number of hydrogen-bond donors (Lipinski definition) is 1. The molecule has 0 unspecified atom stereocenters. The lowest BCUT2D eigenvalue weighted by atomic mass is 10.1. The van der Waals surface area contributed by atoms with E-state index in [1.807, 2.05) is 31.2 Å². The molecule has 0 bridgehead atoms. The monoisotopic (exact) mass is 375 g/mol. The van der Waals surface area contributed by atoms with Gasteiger partial charge in [0, 0.05) is 17.7 Å². The van der Waals surface area contributed by atoms with Crippen LogP contribution in [0.4, 0.5) is 0 Å². The Kier molecular flexibility index (Phi) is 5.11. The van der Waals surface area contributed by atoms with E-state index in [2.05, 4.69) is 20.0 Å². The van der Waals surface area contributed by atoms with Gasteiger partial charge in [-0.05, 0) is 46.7 Å². The highest BCUT2D eigenvalue weighted by molar-refractivity contribution is 6.38. The zero-order valence-electron chi connectivity index (χ0n) is 13.1. The van der Waals surface area contributed by atoms with Gasteiger partial charge in [0.15, 0.2) is 0 Å². The number of aromatic amines is 1. The van der Waals surface area contributed by atoms with E-state index in [0.717, 1.165) is 17.0 Å². The van der Waals surface area contributed by atoms with Gasteiger partial charge in [-0.25, -0.2) is 4.79 Å². The minimum atomic E-state index is -0.450. The Bertz CT molecular complexity index is 984. The number of H-pyrrole nitrogens is 1. The van der Waals surface area contributed by atoms with Crippen LogP contribution >= 0.6 is 23.2 Å². The SMILES string of the molecule is C/C(=N\N=C\c1c(Cl)cccc1Cl)c1ccc(-[n+]2cc(=O)o[nH]2)cc1. The normalized spacial score (nSPS) is 12.0. The van der Waals surface area contributed by atoms with Crippen molar-refractivity contribution in [3.05, 3.63) is 80.3 Å². The summed E-state index contributed by atoms with van der Waals surface area (Å²) in [5.41, 5.74) is 2.54. The van der Waals surface area contributed by atoms with Gasteiger partial charge in [-0.15, -0.1) is 0 Å². The van der Waals surface area contributed by atoms with Crippen LogP contribution < -0.4 is 10.3 Å². The molecule has 0 aliphatic carbocycles. The molecule has 0 aliphatic rings. The average Bonchev–Trinajstić information content (AvgIpc) is 3.04. The first-order valence-electron chi connectivity index (χ1n) is 7.27. The third kappa shape index (κ3) is 4.04. The minimum absolute atomic E-state index is 0.450. The van der Waals surface area contributed by atoms with E-state index >= 15 is 0 Å². The minimum Gasteiger partial charge on any atom is -0.283 e. The molecule has 0 aliphatic heterocycles. The summed E-state index contributed by atoms with van der Waals surface area (Å²) in [4.78, 5) is 11.0. The number of nitrogens with zero attached hydrogens (tertiary/aromatic N) is 3. The molecular formula is C17H13Cl2N4O2+. The highest BCUT2D eigenvalue weighted by atomic mass is 35.5. The predicted octanol–water partition coefficient (Wildman–Crippen LogP) is 3.39. The van der Waals surface area contributed by atoms with Crippen LogP contribution in [0.25, 0.3) is 5.69 Å². The summed E-state index contributed by atoms with van der Waals surface area (Å²) in [5.74, 6) is 0. The first-order valence-corrected chi connectivity index (χ1v) is 8.03. The third-order valence-corrected chi connectivity index (χ3v) is 4.10. The molecule has 1 aromatic heterocycles. The van der Waals surface area contributed by atoms with Crippen molar-refractivity contribution in [3.8, 4) is 5.69 Å². The van der Waals surface area contributed by atoms with Crippen LogP contribution in [0, 0.1) is 0 Å². The quantitative estimate of drug-likeness (QED) is 0.431. The van der Waals surface area contributed by atoms with Crippen LogP contribution in [-0.2, 0) is 0 Å². The van der Waals surface area contributed by atoms with E-state index in [-0.39, 0.29) is 0 Å². The van der Waals surface area contributed by atoms with Crippen molar-refractivity contribution in [2.75, 3.05) is 0 Å². The number of nitrogens with one attached hydrogen (secondary N) is 1. The van der Waals surface area contributed by atoms with Gasteiger partial charge in [-0.1, -0.05) is 29.3 Å². The maximum absolute atomic E-state index is 11.0. The smallest absolute Gasteiger partial charge is 0.283 e. The van der Waals surface area contributed by atoms with Gasteiger partial charge in [0.2, 0.25) is 5.69 Å². The van der Waals surface area contributed by atoms with Gasteiger partial charge in [0.05, 0.1) is 22.0 Å². The molecule has 0 spiro atoms. The summed E-state index contributed by atoms with van der Waals surface area (Å²) in [6.07, 6.45) is 2.84. The summed E-state index contributed by atoms with van der Waals surface area (Å²) in [7, 11) is 0. The average molecular weight is 376 g/mol. The van der Waals surface area contributed by atoms with E-state index in [0.29, 0.717) is 15.6 Å². The van der Waals surface area contributed by atoms with Crippen LogP contribution in [0.15, 0.2) is 68.2 Å².